The number of rotatable bonds is 5. The molecule has 3 N–H and O–H groups in total. The SMILES string of the molecule is O=C1CN(C(=O)NCCCC(=O)Nc2cccc3ccccc23)c2ccccc2N1. The van der Waals surface area contributed by atoms with E-state index in [1.54, 1.807) is 18.2 Å². The topological polar surface area (TPSA) is 90.5 Å². The second kappa shape index (κ2) is 8.65. The van der Waals surface area contributed by atoms with Gasteiger partial charge in [-0.05, 0) is 30.0 Å². The Kier molecular flexibility index (Phi) is 5.61. The first-order chi connectivity index (χ1) is 14.6. The van der Waals surface area contributed by atoms with Crippen LogP contribution >= 0.6 is 0 Å². The molecule has 0 unspecified atom stereocenters. The van der Waals surface area contributed by atoms with Gasteiger partial charge in [-0.1, -0.05) is 48.5 Å². The number of fused-ring (bicyclic) bond motifs is 2. The lowest BCUT2D eigenvalue weighted by Crippen LogP contribution is -2.47. The van der Waals surface area contributed by atoms with E-state index >= 15 is 0 Å². The summed E-state index contributed by atoms with van der Waals surface area (Å²) in [5.41, 5.74) is 2.04. The minimum atomic E-state index is -0.355. The molecule has 3 aromatic carbocycles. The lowest BCUT2D eigenvalue weighted by molar-refractivity contribution is -0.116. The Morgan fingerprint density at radius 3 is 2.63 bits per heavy atom. The summed E-state index contributed by atoms with van der Waals surface area (Å²) in [6.45, 7) is 0.298. The quantitative estimate of drug-likeness (QED) is 0.568. The van der Waals surface area contributed by atoms with Crippen molar-refractivity contribution in [3.8, 4) is 0 Å². The predicted octanol–water partition coefficient (Wildman–Crippen LogP) is 3.73. The van der Waals surface area contributed by atoms with Crippen molar-refractivity contribution in [1.29, 1.82) is 0 Å². The highest BCUT2D eigenvalue weighted by atomic mass is 16.2. The van der Waals surface area contributed by atoms with E-state index in [4.69, 9.17) is 0 Å². The van der Waals surface area contributed by atoms with E-state index in [0.717, 1.165) is 16.5 Å². The van der Waals surface area contributed by atoms with Crippen LogP contribution in [0, 0.1) is 0 Å². The molecule has 0 aliphatic carbocycles. The van der Waals surface area contributed by atoms with Gasteiger partial charge in [0.15, 0.2) is 0 Å². The van der Waals surface area contributed by atoms with Crippen molar-refractivity contribution in [1.82, 2.24) is 5.32 Å². The molecule has 3 aromatic rings. The minimum Gasteiger partial charge on any atom is -0.338 e. The highest BCUT2D eigenvalue weighted by molar-refractivity contribution is 6.09. The Balaban J connectivity index is 1.28. The van der Waals surface area contributed by atoms with Gasteiger partial charge in [0, 0.05) is 24.0 Å². The summed E-state index contributed by atoms with van der Waals surface area (Å²) in [6.07, 6.45) is 0.768. The third-order valence-electron chi connectivity index (χ3n) is 4.94. The normalized spacial score (nSPS) is 12.8. The zero-order chi connectivity index (χ0) is 20.9. The summed E-state index contributed by atoms with van der Waals surface area (Å²) < 4.78 is 0. The first kappa shape index (κ1) is 19.4. The summed E-state index contributed by atoms with van der Waals surface area (Å²) >= 11 is 0. The van der Waals surface area contributed by atoms with Gasteiger partial charge in [-0.2, -0.15) is 0 Å². The van der Waals surface area contributed by atoms with Gasteiger partial charge in [0.2, 0.25) is 11.8 Å². The molecule has 0 radical (unpaired) electrons. The maximum absolute atomic E-state index is 12.5. The van der Waals surface area contributed by atoms with E-state index in [1.165, 1.54) is 4.90 Å². The Morgan fingerprint density at radius 2 is 1.73 bits per heavy atom. The molecular formula is C23H22N4O3. The molecule has 0 saturated carbocycles. The summed E-state index contributed by atoms with van der Waals surface area (Å²) in [6, 6.07) is 20.4. The van der Waals surface area contributed by atoms with Crippen molar-refractivity contribution in [3.05, 3.63) is 66.7 Å². The van der Waals surface area contributed by atoms with Crippen LogP contribution in [-0.2, 0) is 9.59 Å². The van der Waals surface area contributed by atoms with Crippen LogP contribution in [0.2, 0.25) is 0 Å². The number of anilines is 3. The van der Waals surface area contributed by atoms with Crippen LogP contribution < -0.4 is 20.9 Å². The van der Waals surface area contributed by atoms with Gasteiger partial charge in [0.25, 0.3) is 0 Å². The van der Waals surface area contributed by atoms with Gasteiger partial charge < -0.3 is 16.0 Å². The monoisotopic (exact) mass is 402 g/mol. The predicted molar refractivity (Wildman–Crippen MR) is 118 cm³/mol. The smallest absolute Gasteiger partial charge is 0.322 e. The summed E-state index contributed by atoms with van der Waals surface area (Å²) in [7, 11) is 0. The van der Waals surface area contributed by atoms with Crippen LogP contribution in [0.1, 0.15) is 12.8 Å². The third kappa shape index (κ3) is 4.25. The molecular weight excluding hydrogens is 380 g/mol. The molecule has 7 heteroatoms. The van der Waals surface area contributed by atoms with E-state index in [9.17, 15) is 14.4 Å². The maximum atomic E-state index is 12.5. The van der Waals surface area contributed by atoms with Gasteiger partial charge in [-0.3, -0.25) is 14.5 Å². The molecule has 1 aliphatic heterocycles. The average molecular weight is 402 g/mol. The lowest BCUT2D eigenvalue weighted by atomic mass is 10.1. The first-order valence-electron chi connectivity index (χ1n) is 9.84. The number of carbonyl (C=O) groups excluding carboxylic acids is 3. The Hall–Kier alpha value is -3.87. The fourth-order valence-electron chi connectivity index (χ4n) is 3.50. The van der Waals surface area contributed by atoms with E-state index in [2.05, 4.69) is 16.0 Å². The molecule has 0 saturated heterocycles. The maximum Gasteiger partial charge on any atom is 0.322 e. The third-order valence-corrected chi connectivity index (χ3v) is 4.94. The molecule has 0 spiro atoms. The number of para-hydroxylation sites is 2. The van der Waals surface area contributed by atoms with Gasteiger partial charge >= 0.3 is 6.03 Å². The molecule has 1 heterocycles. The number of hydrogen-bond acceptors (Lipinski definition) is 3. The molecule has 4 amide bonds. The number of urea groups is 1. The molecule has 1 aliphatic rings. The van der Waals surface area contributed by atoms with Crippen LogP contribution in [0.25, 0.3) is 10.8 Å². The zero-order valence-electron chi connectivity index (χ0n) is 16.4. The Morgan fingerprint density at radius 1 is 0.967 bits per heavy atom. The van der Waals surface area contributed by atoms with Gasteiger partial charge in [0.05, 0.1) is 11.4 Å². The Bertz CT molecular complexity index is 1110. The van der Waals surface area contributed by atoms with Crippen molar-refractivity contribution in [3.63, 3.8) is 0 Å². The standard InChI is InChI=1S/C23H22N4O3/c28-21(25-18-11-5-8-16-7-1-2-9-17(16)18)13-6-14-24-23(30)27-15-22(29)26-19-10-3-4-12-20(19)27/h1-5,7-12H,6,13-15H2,(H,24,30)(H,25,28)(H,26,29). The van der Waals surface area contributed by atoms with Crippen molar-refractivity contribution in [2.45, 2.75) is 12.8 Å². The summed E-state index contributed by atoms with van der Waals surface area (Å²) in [4.78, 5) is 38.1. The van der Waals surface area contributed by atoms with Gasteiger partial charge in [-0.15, -0.1) is 0 Å². The summed E-state index contributed by atoms with van der Waals surface area (Å²) in [5, 5.41) is 10.5. The summed E-state index contributed by atoms with van der Waals surface area (Å²) in [5.74, 6) is -0.346. The molecule has 30 heavy (non-hydrogen) atoms. The molecule has 0 fully saturated rings. The first-order valence-corrected chi connectivity index (χ1v) is 9.84. The zero-order valence-corrected chi connectivity index (χ0v) is 16.4. The minimum absolute atomic E-state index is 0.0373. The number of nitrogens with zero attached hydrogens (tertiary/aromatic N) is 1. The van der Waals surface area contributed by atoms with E-state index < -0.39 is 0 Å². The number of nitrogens with one attached hydrogen (secondary N) is 3. The van der Waals surface area contributed by atoms with Crippen molar-refractivity contribution in [2.24, 2.45) is 0 Å². The van der Waals surface area contributed by atoms with Crippen molar-refractivity contribution >= 4 is 45.7 Å². The molecule has 0 bridgehead atoms. The van der Waals surface area contributed by atoms with Crippen LogP contribution in [-0.4, -0.2) is 30.9 Å². The molecule has 0 atom stereocenters. The number of carbonyl (C=O) groups is 3. The second-order valence-corrected chi connectivity index (χ2v) is 7.06. The van der Waals surface area contributed by atoms with Crippen molar-refractivity contribution < 1.29 is 14.4 Å². The highest BCUT2D eigenvalue weighted by Crippen LogP contribution is 2.28. The van der Waals surface area contributed by atoms with Gasteiger partial charge in [-0.25, -0.2) is 4.79 Å². The Labute approximate surface area is 174 Å². The van der Waals surface area contributed by atoms with E-state index in [0.29, 0.717) is 24.3 Å². The number of hydrogen-bond donors (Lipinski definition) is 3. The van der Waals surface area contributed by atoms with Crippen LogP contribution in [0.15, 0.2) is 66.7 Å². The molecule has 152 valence electrons. The average Bonchev–Trinajstić information content (AvgIpc) is 2.76. The highest BCUT2D eigenvalue weighted by Gasteiger charge is 2.26. The van der Waals surface area contributed by atoms with Crippen LogP contribution in [0.4, 0.5) is 21.9 Å². The van der Waals surface area contributed by atoms with Crippen LogP contribution in [0.5, 0.6) is 0 Å². The molecule has 7 nitrogen and oxygen atoms in total. The van der Waals surface area contributed by atoms with E-state index in [1.807, 2.05) is 48.5 Å². The largest absolute Gasteiger partial charge is 0.338 e. The molecule has 4 rings (SSSR count). The van der Waals surface area contributed by atoms with E-state index in [-0.39, 0.29) is 30.8 Å². The fraction of sp³-hybridized carbons (Fsp3) is 0.174. The lowest BCUT2D eigenvalue weighted by Gasteiger charge is -2.29. The number of amides is 4. The second-order valence-electron chi connectivity index (χ2n) is 7.06. The van der Waals surface area contributed by atoms with Crippen molar-refractivity contribution in [2.75, 3.05) is 28.6 Å². The molecule has 0 aromatic heterocycles. The fourth-order valence-corrected chi connectivity index (χ4v) is 3.50. The van der Waals surface area contributed by atoms with Crippen LogP contribution in [0.3, 0.4) is 0 Å². The van der Waals surface area contributed by atoms with Gasteiger partial charge in [0.1, 0.15) is 6.54 Å². The number of benzene rings is 3.